The van der Waals surface area contributed by atoms with E-state index in [1.54, 1.807) is 13.2 Å². The summed E-state index contributed by atoms with van der Waals surface area (Å²) in [5.41, 5.74) is 1.92. The lowest BCUT2D eigenvalue weighted by Gasteiger charge is -2.34. The number of aryl methyl sites for hydroxylation is 2. The molecule has 16 heavy (non-hydrogen) atoms. The molecule has 0 aliphatic heterocycles. The molecule has 1 unspecified atom stereocenters. The van der Waals surface area contributed by atoms with Crippen molar-refractivity contribution in [3.05, 3.63) is 29.1 Å². The second-order valence-corrected chi connectivity index (χ2v) is 4.30. The fourth-order valence-corrected chi connectivity index (χ4v) is 2.47. The monoisotopic (exact) mass is 220 g/mol. The first kappa shape index (κ1) is 11.1. The number of carboxylic acids is 1. The molecule has 0 spiro atoms. The number of hydrogen-bond donors (Lipinski definition) is 2. The normalized spacial score (nSPS) is 23.9. The quantitative estimate of drug-likeness (QED) is 0.786. The number of nitrogens with one attached hydrogen (secondary N) is 1. The largest absolute Gasteiger partial charge is 0.480 e. The van der Waals surface area contributed by atoms with Gasteiger partial charge in [-0.25, -0.2) is 4.79 Å². The van der Waals surface area contributed by atoms with Gasteiger partial charge in [0, 0.05) is 17.5 Å². The van der Waals surface area contributed by atoms with Crippen LogP contribution in [0.15, 0.2) is 12.3 Å². The van der Waals surface area contributed by atoms with Crippen LogP contribution in [-0.2, 0) is 16.8 Å². The number of aliphatic carboxylic acids is 1. The van der Waals surface area contributed by atoms with E-state index < -0.39 is 11.5 Å². The molecule has 86 valence electrons. The molecule has 2 N–H and O–H groups in total. The van der Waals surface area contributed by atoms with E-state index in [1.165, 1.54) is 0 Å². The van der Waals surface area contributed by atoms with Crippen molar-refractivity contribution in [1.82, 2.24) is 10.3 Å². The molecule has 1 aromatic heterocycles. The molecule has 1 aromatic rings. The number of hydrogen-bond acceptors (Lipinski definition) is 3. The van der Waals surface area contributed by atoms with Crippen molar-refractivity contribution in [2.45, 2.75) is 31.7 Å². The summed E-state index contributed by atoms with van der Waals surface area (Å²) in [6.45, 7) is 1.93. The maximum Gasteiger partial charge on any atom is 0.328 e. The van der Waals surface area contributed by atoms with E-state index in [-0.39, 0.29) is 0 Å². The zero-order valence-electron chi connectivity index (χ0n) is 9.58. The number of rotatable bonds is 2. The Morgan fingerprint density at radius 2 is 2.38 bits per heavy atom. The standard InChI is InChI=1S/C12H16N2O2/c1-8-6-9-4-3-5-12(13-2,11(15)16)10(9)7-14-8/h6-7,13H,3-5H2,1-2H3,(H,15,16). The third kappa shape index (κ3) is 1.50. The van der Waals surface area contributed by atoms with E-state index in [1.807, 2.05) is 13.0 Å². The SMILES string of the molecule is CNC1(C(=O)O)CCCc2cc(C)ncc21. The van der Waals surface area contributed by atoms with Gasteiger partial charge in [0.2, 0.25) is 0 Å². The van der Waals surface area contributed by atoms with Gasteiger partial charge in [-0.1, -0.05) is 0 Å². The number of carboxylic acid groups (broad SMARTS) is 1. The molecule has 4 nitrogen and oxygen atoms in total. The molecule has 0 bridgehead atoms. The molecule has 2 rings (SSSR count). The molecule has 4 heteroatoms. The summed E-state index contributed by atoms with van der Waals surface area (Å²) in [6, 6.07) is 1.99. The van der Waals surface area contributed by atoms with E-state index in [0.29, 0.717) is 6.42 Å². The highest BCUT2D eigenvalue weighted by Crippen LogP contribution is 2.35. The zero-order chi connectivity index (χ0) is 11.8. The van der Waals surface area contributed by atoms with Crippen molar-refractivity contribution in [3.63, 3.8) is 0 Å². The van der Waals surface area contributed by atoms with Crippen molar-refractivity contribution in [2.75, 3.05) is 7.05 Å². The first-order valence-corrected chi connectivity index (χ1v) is 5.48. The summed E-state index contributed by atoms with van der Waals surface area (Å²) < 4.78 is 0. The van der Waals surface area contributed by atoms with Crippen LogP contribution in [0, 0.1) is 6.92 Å². The predicted octanol–water partition coefficient (Wildman–Crippen LogP) is 1.23. The number of pyridine rings is 1. The molecule has 0 aromatic carbocycles. The molecule has 0 saturated heterocycles. The van der Waals surface area contributed by atoms with Gasteiger partial charge in [0.15, 0.2) is 0 Å². The summed E-state index contributed by atoms with van der Waals surface area (Å²) in [5, 5.41) is 12.4. The maximum atomic E-state index is 11.5. The smallest absolute Gasteiger partial charge is 0.328 e. The van der Waals surface area contributed by atoms with Gasteiger partial charge in [0.05, 0.1) is 0 Å². The lowest BCUT2D eigenvalue weighted by molar-refractivity contribution is -0.145. The lowest BCUT2D eigenvalue weighted by atomic mass is 9.77. The van der Waals surface area contributed by atoms with Gasteiger partial charge in [-0.05, 0) is 44.9 Å². The highest BCUT2D eigenvalue weighted by molar-refractivity contribution is 5.81. The zero-order valence-corrected chi connectivity index (χ0v) is 9.58. The first-order chi connectivity index (χ1) is 7.60. The van der Waals surface area contributed by atoms with Crippen LogP contribution in [0.3, 0.4) is 0 Å². The molecule has 1 aliphatic carbocycles. The topological polar surface area (TPSA) is 62.2 Å². The van der Waals surface area contributed by atoms with Crippen molar-refractivity contribution >= 4 is 5.97 Å². The number of carbonyl (C=O) groups is 1. The molecule has 0 fully saturated rings. The minimum absolute atomic E-state index is 0.622. The van der Waals surface area contributed by atoms with Crippen LogP contribution < -0.4 is 5.32 Å². The third-order valence-electron chi connectivity index (χ3n) is 3.38. The van der Waals surface area contributed by atoms with Crippen molar-refractivity contribution in [2.24, 2.45) is 0 Å². The van der Waals surface area contributed by atoms with Crippen LogP contribution in [0.1, 0.15) is 29.7 Å². The average molecular weight is 220 g/mol. The Hall–Kier alpha value is -1.42. The second-order valence-electron chi connectivity index (χ2n) is 4.30. The van der Waals surface area contributed by atoms with Gasteiger partial charge in [-0.3, -0.25) is 4.98 Å². The minimum atomic E-state index is -0.950. The van der Waals surface area contributed by atoms with E-state index in [4.69, 9.17) is 0 Å². The summed E-state index contributed by atoms with van der Waals surface area (Å²) in [4.78, 5) is 15.7. The Kier molecular flexibility index (Phi) is 2.68. The van der Waals surface area contributed by atoms with Crippen LogP contribution >= 0.6 is 0 Å². The van der Waals surface area contributed by atoms with Crippen LogP contribution in [0.2, 0.25) is 0 Å². The third-order valence-corrected chi connectivity index (χ3v) is 3.38. The van der Waals surface area contributed by atoms with E-state index in [9.17, 15) is 9.90 Å². The second kappa shape index (κ2) is 3.87. The Morgan fingerprint density at radius 1 is 1.62 bits per heavy atom. The van der Waals surface area contributed by atoms with Crippen molar-refractivity contribution in [1.29, 1.82) is 0 Å². The molecular formula is C12H16N2O2. The molecule has 1 heterocycles. The molecule has 0 amide bonds. The Labute approximate surface area is 94.7 Å². The molecule has 1 atom stereocenters. The van der Waals surface area contributed by atoms with Gasteiger partial charge in [0.25, 0.3) is 0 Å². The Balaban J connectivity index is 2.58. The molecule has 0 radical (unpaired) electrons. The predicted molar refractivity (Wildman–Crippen MR) is 60.3 cm³/mol. The Bertz CT molecular complexity index is 431. The summed E-state index contributed by atoms with van der Waals surface area (Å²) in [6.07, 6.45) is 4.16. The summed E-state index contributed by atoms with van der Waals surface area (Å²) in [7, 11) is 1.70. The summed E-state index contributed by atoms with van der Waals surface area (Å²) in [5.74, 6) is -0.818. The highest BCUT2D eigenvalue weighted by atomic mass is 16.4. The molecular weight excluding hydrogens is 204 g/mol. The van der Waals surface area contributed by atoms with Crippen LogP contribution in [0.5, 0.6) is 0 Å². The number of likely N-dealkylation sites (N-methyl/N-ethyl adjacent to an activating group) is 1. The van der Waals surface area contributed by atoms with Gasteiger partial charge >= 0.3 is 5.97 Å². The van der Waals surface area contributed by atoms with E-state index >= 15 is 0 Å². The molecule has 1 aliphatic rings. The Morgan fingerprint density at radius 3 is 3.00 bits per heavy atom. The fourth-order valence-electron chi connectivity index (χ4n) is 2.47. The van der Waals surface area contributed by atoms with Crippen LogP contribution in [0.25, 0.3) is 0 Å². The van der Waals surface area contributed by atoms with Crippen LogP contribution in [0.4, 0.5) is 0 Å². The number of fused-ring (bicyclic) bond motifs is 1. The fraction of sp³-hybridized carbons (Fsp3) is 0.500. The maximum absolute atomic E-state index is 11.5. The molecule has 0 saturated carbocycles. The van der Waals surface area contributed by atoms with Crippen molar-refractivity contribution in [3.8, 4) is 0 Å². The van der Waals surface area contributed by atoms with Crippen LogP contribution in [-0.4, -0.2) is 23.1 Å². The van der Waals surface area contributed by atoms with E-state index in [0.717, 1.165) is 29.7 Å². The van der Waals surface area contributed by atoms with E-state index in [2.05, 4.69) is 10.3 Å². The highest BCUT2D eigenvalue weighted by Gasteiger charge is 2.42. The summed E-state index contributed by atoms with van der Waals surface area (Å²) >= 11 is 0. The van der Waals surface area contributed by atoms with Gasteiger partial charge in [-0.2, -0.15) is 0 Å². The van der Waals surface area contributed by atoms with Gasteiger partial charge < -0.3 is 10.4 Å². The first-order valence-electron chi connectivity index (χ1n) is 5.48. The average Bonchev–Trinajstić information content (AvgIpc) is 2.27. The lowest BCUT2D eigenvalue weighted by Crippen LogP contribution is -2.49. The number of aromatic nitrogens is 1. The van der Waals surface area contributed by atoms with Gasteiger partial charge in [0.1, 0.15) is 5.54 Å². The van der Waals surface area contributed by atoms with Crippen molar-refractivity contribution < 1.29 is 9.90 Å². The number of nitrogens with zero attached hydrogens (tertiary/aromatic N) is 1. The minimum Gasteiger partial charge on any atom is -0.480 e. The van der Waals surface area contributed by atoms with Gasteiger partial charge in [-0.15, -0.1) is 0 Å².